The highest BCUT2D eigenvalue weighted by Crippen LogP contribution is 2.27. The van der Waals surface area contributed by atoms with Crippen LogP contribution in [0.25, 0.3) is 0 Å². The lowest BCUT2D eigenvalue weighted by Crippen LogP contribution is -2.28. The second-order valence-corrected chi connectivity index (χ2v) is 7.65. The maximum atomic E-state index is 12.3. The maximum absolute atomic E-state index is 12.3. The van der Waals surface area contributed by atoms with E-state index in [9.17, 15) is 24.5 Å². The molecule has 1 aliphatic rings. The number of carbonyl (C=O) groups is 3. The maximum Gasteiger partial charge on any atom is 0.311 e. The van der Waals surface area contributed by atoms with Gasteiger partial charge in [-0.1, -0.05) is 15.9 Å². The third-order valence-electron chi connectivity index (χ3n) is 4.62. The molecule has 1 fully saturated rings. The number of ether oxygens (including phenoxy) is 1. The fourth-order valence-corrected chi connectivity index (χ4v) is 3.29. The lowest BCUT2D eigenvalue weighted by atomic mass is 10.1. The van der Waals surface area contributed by atoms with Gasteiger partial charge in [-0.3, -0.25) is 24.5 Å². The molecule has 156 valence electrons. The number of hydrogen-bond donors (Lipinski definition) is 1. The molecule has 0 aromatic heterocycles. The molecule has 2 amide bonds. The summed E-state index contributed by atoms with van der Waals surface area (Å²) < 4.78 is 5.98. The number of anilines is 2. The number of halogens is 1. The van der Waals surface area contributed by atoms with Gasteiger partial charge in [-0.25, -0.2) is 0 Å². The fourth-order valence-electron chi connectivity index (χ4n) is 3.04. The van der Waals surface area contributed by atoms with Crippen molar-refractivity contribution in [3.05, 3.63) is 62.6 Å². The highest BCUT2D eigenvalue weighted by atomic mass is 79.9. The van der Waals surface area contributed by atoms with Crippen molar-refractivity contribution in [3.63, 3.8) is 0 Å². The molecule has 0 bridgehead atoms. The van der Waals surface area contributed by atoms with Crippen LogP contribution in [0.15, 0.2) is 46.9 Å². The van der Waals surface area contributed by atoms with Crippen molar-refractivity contribution in [1.29, 1.82) is 0 Å². The minimum Gasteiger partial charge on any atom is -0.455 e. The molecule has 0 spiro atoms. The third-order valence-corrected chi connectivity index (χ3v) is 5.51. The smallest absolute Gasteiger partial charge is 0.311 e. The molecule has 1 heterocycles. The van der Waals surface area contributed by atoms with Crippen molar-refractivity contribution < 1.29 is 24.0 Å². The Balaban J connectivity index is 1.53. The number of nitro benzene ring substituents is 1. The average Bonchev–Trinajstić information content (AvgIpc) is 3.11. The Bertz CT molecular complexity index is 1010. The van der Waals surface area contributed by atoms with Crippen molar-refractivity contribution in [3.8, 4) is 0 Å². The van der Waals surface area contributed by atoms with Gasteiger partial charge >= 0.3 is 5.97 Å². The SMILES string of the molecule is Cc1cc(NC(=O)COC(=O)[C@H]2CC(=O)N(c3ccc([N+](=O)[O-])cc3)C2)ccc1Br. The largest absolute Gasteiger partial charge is 0.455 e. The Morgan fingerprint density at radius 1 is 1.27 bits per heavy atom. The molecular formula is C20H18BrN3O6. The zero-order valence-electron chi connectivity index (χ0n) is 16.0. The van der Waals surface area contributed by atoms with E-state index in [1.165, 1.54) is 29.2 Å². The minimum atomic E-state index is -0.713. The average molecular weight is 476 g/mol. The molecule has 9 nitrogen and oxygen atoms in total. The van der Waals surface area contributed by atoms with Gasteiger partial charge < -0.3 is 15.0 Å². The summed E-state index contributed by atoms with van der Waals surface area (Å²) in [6.07, 6.45) is -0.0522. The monoisotopic (exact) mass is 475 g/mol. The van der Waals surface area contributed by atoms with Gasteiger partial charge in [0.05, 0.1) is 10.8 Å². The van der Waals surface area contributed by atoms with E-state index in [0.717, 1.165) is 10.0 Å². The van der Waals surface area contributed by atoms with Crippen molar-refractivity contribution in [2.75, 3.05) is 23.4 Å². The number of non-ortho nitro benzene ring substituents is 1. The third kappa shape index (κ3) is 5.01. The first-order chi connectivity index (χ1) is 14.2. The van der Waals surface area contributed by atoms with Crippen LogP contribution in [0.3, 0.4) is 0 Å². The molecule has 2 aromatic rings. The first kappa shape index (κ1) is 21.4. The van der Waals surface area contributed by atoms with Crippen LogP contribution in [-0.2, 0) is 19.1 Å². The molecule has 1 aliphatic heterocycles. The van der Waals surface area contributed by atoms with E-state index in [2.05, 4.69) is 21.2 Å². The number of rotatable bonds is 6. The number of aryl methyl sites for hydroxylation is 1. The Labute approximate surface area is 180 Å². The summed E-state index contributed by atoms with van der Waals surface area (Å²) in [5, 5.41) is 13.4. The molecule has 1 N–H and O–H groups in total. The van der Waals surface area contributed by atoms with Crippen LogP contribution < -0.4 is 10.2 Å². The Morgan fingerprint density at radius 3 is 2.60 bits per heavy atom. The molecule has 30 heavy (non-hydrogen) atoms. The lowest BCUT2D eigenvalue weighted by Gasteiger charge is -2.16. The van der Waals surface area contributed by atoms with E-state index in [4.69, 9.17) is 4.74 Å². The van der Waals surface area contributed by atoms with E-state index in [1.807, 2.05) is 6.92 Å². The van der Waals surface area contributed by atoms with Gasteiger partial charge in [0.1, 0.15) is 0 Å². The molecule has 1 saturated heterocycles. The Morgan fingerprint density at radius 2 is 1.97 bits per heavy atom. The molecule has 0 unspecified atom stereocenters. The zero-order valence-corrected chi connectivity index (χ0v) is 17.5. The van der Waals surface area contributed by atoms with Gasteiger partial charge in [0, 0.05) is 40.9 Å². The zero-order chi connectivity index (χ0) is 21.8. The van der Waals surface area contributed by atoms with Crippen LogP contribution in [0.2, 0.25) is 0 Å². The minimum absolute atomic E-state index is 0.0522. The van der Waals surface area contributed by atoms with Gasteiger partial charge in [-0.05, 0) is 42.8 Å². The molecule has 10 heteroatoms. The number of esters is 1. The Kier molecular flexibility index (Phi) is 6.46. The van der Waals surface area contributed by atoms with Crippen LogP contribution in [0.4, 0.5) is 17.1 Å². The lowest BCUT2D eigenvalue weighted by molar-refractivity contribution is -0.384. The summed E-state index contributed by atoms with van der Waals surface area (Å²) in [7, 11) is 0. The van der Waals surface area contributed by atoms with Gasteiger partial charge in [0.25, 0.3) is 11.6 Å². The summed E-state index contributed by atoms with van der Waals surface area (Å²) in [6, 6.07) is 10.8. The van der Waals surface area contributed by atoms with Crippen molar-refractivity contribution in [2.24, 2.45) is 5.92 Å². The highest BCUT2D eigenvalue weighted by Gasteiger charge is 2.36. The second kappa shape index (κ2) is 9.04. The van der Waals surface area contributed by atoms with E-state index >= 15 is 0 Å². The highest BCUT2D eigenvalue weighted by molar-refractivity contribution is 9.10. The summed E-state index contributed by atoms with van der Waals surface area (Å²) in [5.41, 5.74) is 1.90. The van der Waals surface area contributed by atoms with Gasteiger partial charge in [-0.2, -0.15) is 0 Å². The van der Waals surface area contributed by atoms with Crippen LogP contribution in [0.5, 0.6) is 0 Å². The number of nitrogens with zero attached hydrogens (tertiary/aromatic N) is 2. The molecule has 1 atom stereocenters. The van der Waals surface area contributed by atoms with E-state index in [0.29, 0.717) is 11.4 Å². The van der Waals surface area contributed by atoms with Gasteiger partial charge in [0.2, 0.25) is 5.91 Å². The number of nitro groups is 1. The van der Waals surface area contributed by atoms with E-state index < -0.39 is 29.3 Å². The van der Waals surface area contributed by atoms with E-state index in [-0.39, 0.29) is 24.6 Å². The van der Waals surface area contributed by atoms with Crippen molar-refractivity contribution in [1.82, 2.24) is 0 Å². The molecule has 0 aliphatic carbocycles. The topological polar surface area (TPSA) is 119 Å². The summed E-state index contributed by atoms with van der Waals surface area (Å²) >= 11 is 3.38. The molecular weight excluding hydrogens is 458 g/mol. The van der Waals surface area contributed by atoms with Gasteiger partial charge in [-0.15, -0.1) is 0 Å². The van der Waals surface area contributed by atoms with Crippen molar-refractivity contribution in [2.45, 2.75) is 13.3 Å². The first-order valence-corrected chi connectivity index (χ1v) is 9.81. The summed E-state index contributed by atoms with van der Waals surface area (Å²) in [5.74, 6) is -2.13. The Hall–Kier alpha value is -3.27. The first-order valence-electron chi connectivity index (χ1n) is 9.02. The van der Waals surface area contributed by atoms with E-state index in [1.54, 1.807) is 18.2 Å². The normalized spacial score (nSPS) is 15.7. The molecule has 3 rings (SSSR count). The molecule has 2 aromatic carbocycles. The number of amides is 2. The predicted octanol–water partition coefficient (Wildman–Crippen LogP) is 3.20. The second-order valence-electron chi connectivity index (χ2n) is 6.80. The molecule has 0 saturated carbocycles. The summed E-state index contributed by atoms with van der Waals surface area (Å²) in [6.45, 7) is 1.51. The van der Waals surface area contributed by atoms with Crippen molar-refractivity contribution >= 4 is 50.8 Å². The van der Waals surface area contributed by atoms with Crippen LogP contribution >= 0.6 is 15.9 Å². The fraction of sp³-hybridized carbons (Fsp3) is 0.250. The number of hydrogen-bond acceptors (Lipinski definition) is 6. The predicted molar refractivity (Wildman–Crippen MR) is 112 cm³/mol. The standard InChI is InChI=1S/C20H18BrN3O6/c1-12-8-14(2-7-17(12)21)22-18(25)11-30-20(27)13-9-19(26)23(10-13)15-3-5-16(6-4-15)24(28)29/h2-8,13H,9-11H2,1H3,(H,22,25)/t13-/m0/s1. The quantitative estimate of drug-likeness (QED) is 0.389. The summed E-state index contributed by atoms with van der Waals surface area (Å²) in [4.78, 5) is 48.2. The van der Waals surface area contributed by atoms with Crippen LogP contribution in [-0.4, -0.2) is 35.9 Å². The number of carbonyl (C=O) groups excluding carboxylic acids is 3. The van der Waals surface area contributed by atoms with Gasteiger partial charge in [0.15, 0.2) is 6.61 Å². The number of benzene rings is 2. The molecule has 0 radical (unpaired) electrons. The number of nitrogens with one attached hydrogen (secondary N) is 1. The van der Waals surface area contributed by atoms with Crippen LogP contribution in [0.1, 0.15) is 12.0 Å². The van der Waals surface area contributed by atoms with Crippen LogP contribution in [0, 0.1) is 23.0 Å².